The number of benzene rings is 2. The van der Waals surface area contributed by atoms with E-state index in [0.29, 0.717) is 11.1 Å². The molecule has 1 aromatic heterocycles. The Morgan fingerprint density at radius 2 is 1.74 bits per heavy atom. The summed E-state index contributed by atoms with van der Waals surface area (Å²) in [6, 6.07) is 12.5. The summed E-state index contributed by atoms with van der Waals surface area (Å²) in [4.78, 5) is 39.8. The second kappa shape index (κ2) is 7.27. The standard InChI is InChI=1S/C24H25N3O4/c1-14-10-20(15(2)26(14)4)21(28)13-27-22(29)24(3,25-23(27)30)18-8-6-17-12-19(31-5)9-7-16(17)11-18/h6-12H,13H2,1-5H3,(H,25,30)/t24-/m0/s1. The van der Waals surface area contributed by atoms with E-state index in [0.717, 1.165) is 32.8 Å². The highest BCUT2D eigenvalue weighted by molar-refractivity contribution is 6.11. The number of hydrogen-bond donors (Lipinski definition) is 1. The molecular weight excluding hydrogens is 394 g/mol. The molecule has 31 heavy (non-hydrogen) atoms. The van der Waals surface area contributed by atoms with Gasteiger partial charge in [-0.2, -0.15) is 0 Å². The third-order valence-corrected chi connectivity index (χ3v) is 6.28. The second-order valence-electron chi connectivity index (χ2n) is 8.14. The number of aryl methyl sites for hydroxylation is 1. The van der Waals surface area contributed by atoms with Gasteiger partial charge in [-0.15, -0.1) is 0 Å². The van der Waals surface area contributed by atoms with Crippen molar-refractivity contribution in [1.29, 1.82) is 0 Å². The third kappa shape index (κ3) is 3.26. The highest BCUT2D eigenvalue weighted by atomic mass is 16.5. The molecule has 0 aliphatic carbocycles. The van der Waals surface area contributed by atoms with Crippen LogP contribution in [0.2, 0.25) is 0 Å². The number of Topliss-reactive ketones (excluding diaryl/α,β-unsaturated/α-hetero) is 1. The van der Waals surface area contributed by atoms with Crippen LogP contribution in [0.25, 0.3) is 10.8 Å². The number of aromatic nitrogens is 1. The summed E-state index contributed by atoms with van der Waals surface area (Å²) in [6.45, 7) is 5.12. The lowest BCUT2D eigenvalue weighted by Gasteiger charge is -2.22. The number of ether oxygens (including phenoxy) is 1. The van der Waals surface area contributed by atoms with Crippen LogP contribution < -0.4 is 10.1 Å². The lowest BCUT2D eigenvalue weighted by molar-refractivity contribution is -0.130. The van der Waals surface area contributed by atoms with Crippen LogP contribution in [0.1, 0.15) is 34.2 Å². The minimum absolute atomic E-state index is 0.264. The van der Waals surface area contributed by atoms with Gasteiger partial charge in [0, 0.05) is 24.0 Å². The molecule has 1 saturated heterocycles. The maximum atomic E-state index is 13.3. The van der Waals surface area contributed by atoms with Crippen LogP contribution in [-0.4, -0.2) is 40.8 Å². The monoisotopic (exact) mass is 419 g/mol. The summed E-state index contributed by atoms with van der Waals surface area (Å²) >= 11 is 0. The molecule has 2 aromatic carbocycles. The first-order chi connectivity index (χ1) is 14.7. The molecule has 7 heteroatoms. The summed E-state index contributed by atoms with van der Waals surface area (Å²) in [5.41, 5.74) is 1.68. The van der Waals surface area contributed by atoms with Crippen molar-refractivity contribution in [3.8, 4) is 5.75 Å². The Hall–Kier alpha value is -3.61. The number of imide groups is 1. The molecule has 0 saturated carbocycles. The largest absolute Gasteiger partial charge is 0.497 e. The average Bonchev–Trinajstić information content (AvgIpc) is 3.14. The molecule has 1 aliphatic heterocycles. The highest BCUT2D eigenvalue weighted by Crippen LogP contribution is 2.32. The molecule has 1 atom stereocenters. The SMILES string of the molecule is COc1ccc2cc([C@]3(C)NC(=O)N(CC(=O)c4cc(C)n(C)c4C)C3=O)ccc2c1. The number of ketones is 1. The smallest absolute Gasteiger partial charge is 0.325 e. The van der Waals surface area contributed by atoms with E-state index in [-0.39, 0.29) is 12.3 Å². The molecule has 1 aliphatic rings. The topological polar surface area (TPSA) is 80.6 Å². The van der Waals surface area contributed by atoms with E-state index in [2.05, 4.69) is 5.32 Å². The van der Waals surface area contributed by atoms with Crippen LogP contribution in [0.3, 0.4) is 0 Å². The predicted octanol–water partition coefficient (Wildman–Crippen LogP) is 3.45. The quantitative estimate of drug-likeness (QED) is 0.507. The fourth-order valence-corrected chi connectivity index (χ4v) is 4.06. The number of carbonyl (C=O) groups is 3. The van der Waals surface area contributed by atoms with Crippen molar-refractivity contribution in [3.05, 3.63) is 65.0 Å². The first kappa shape index (κ1) is 20.7. The zero-order chi connectivity index (χ0) is 22.5. The first-order valence-corrected chi connectivity index (χ1v) is 10.0. The van der Waals surface area contributed by atoms with Gasteiger partial charge in [-0.1, -0.05) is 18.2 Å². The van der Waals surface area contributed by atoms with Gasteiger partial charge in [0.15, 0.2) is 5.78 Å². The van der Waals surface area contributed by atoms with Crippen LogP contribution >= 0.6 is 0 Å². The molecule has 4 rings (SSSR count). The number of methoxy groups -OCH3 is 1. The van der Waals surface area contributed by atoms with Gasteiger partial charge in [-0.05, 0) is 61.4 Å². The number of nitrogens with zero attached hydrogens (tertiary/aromatic N) is 2. The fourth-order valence-electron chi connectivity index (χ4n) is 4.06. The number of hydrogen-bond acceptors (Lipinski definition) is 4. The van der Waals surface area contributed by atoms with E-state index in [4.69, 9.17) is 4.74 Å². The molecule has 1 fully saturated rings. The Kier molecular flexibility index (Phi) is 4.84. The maximum Gasteiger partial charge on any atom is 0.325 e. The van der Waals surface area contributed by atoms with Crippen LogP contribution in [0.4, 0.5) is 4.79 Å². The summed E-state index contributed by atoms with van der Waals surface area (Å²) in [7, 11) is 3.49. The molecule has 0 bridgehead atoms. The van der Waals surface area contributed by atoms with Crippen LogP contribution in [0.5, 0.6) is 5.75 Å². The van der Waals surface area contributed by atoms with Crippen molar-refractivity contribution in [2.24, 2.45) is 7.05 Å². The Bertz CT molecular complexity index is 1240. The molecule has 7 nitrogen and oxygen atoms in total. The molecule has 0 spiro atoms. The van der Waals surface area contributed by atoms with E-state index in [9.17, 15) is 14.4 Å². The molecular formula is C24H25N3O4. The van der Waals surface area contributed by atoms with Crippen molar-refractivity contribution in [3.63, 3.8) is 0 Å². The Morgan fingerprint density at radius 1 is 1.06 bits per heavy atom. The summed E-state index contributed by atoms with van der Waals surface area (Å²) < 4.78 is 7.17. The number of fused-ring (bicyclic) bond motifs is 1. The minimum atomic E-state index is -1.24. The van der Waals surface area contributed by atoms with Gasteiger partial charge in [-0.3, -0.25) is 14.5 Å². The van der Waals surface area contributed by atoms with E-state index < -0.39 is 17.5 Å². The van der Waals surface area contributed by atoms with Crippen molar-refractivity contribution in [1.82, 2.24) is 14.8 Å². The van der Waals surface area contributed by atoms with Gasteiger partial charge in [0.1, 0.15) is 11.3 Å². The van der Waals surface area contributed by atoms with Crippen LogP contribution in [0, 0.1) is 13.8 Å². The fraction of sp³-hybridized carbons (Fsp3) is 0.292. The molecule has 2 heterocycles. The Labute approximate surface area is 180 Å². The molecule has 3 aromatic rings. The van der Waals surface area contributed by atoms with Gasteiger partial charge < -0.3 is 14.6 Å². The molecule has 0 unspecified atom stereocenters. The Morgan fingerprint density at radius 3 is 2.39 bits per heavy atom. The average molecular weight is 419 g/mol. The number of rotatable bonds is 5. The van der Waals surface area contributed by atoms with E-state index >= 15 is 0 Å². The lowest BCUT2D eigenvalue weighted by Crippen LogP contribution is -2.41. The zero-order valence-electron chi connectivity index (χ0n) is 18.3. The highest BCUT2D eigenvalue weighted by Gasteiger charge is 2.49. The lowest BCUT2D eigenvalue weighted by atomic mass is 9.90. The van der Waals surface area contributed by atoms with E-state index in [1.165, 1.54) is 0 Å². The van der Waals surface area contributed by atoms with Crippen molar-refractivity contribution >= 4 is 28.5 Å². The number of carbonyl (C=O) groups excluding carboxylic acids is 3. The first-order valence-electron chi connectivity index (χ1n) is 10.0. The zero-order valence-corrected chi connectivity index (χ0v) is 18.3. The van der Waals surface area contributed by atoms with Crippen molar-refractivity contribution in [2.75, 3.05) is 13.7 Å². The van der Waals surface area contributed by atoms with Crippen LogP contribution in [0.15, 0.2) is 42.5 Å². The molecule has 1 N–H and O–H groups in total. The van der Waals surface area contributed by atoms with E-state index in [1.54, 1.807) is 20.1 Å². The minimum Gasteiger partial charge on any atom is -0.497 e. The summed E-state index contributed by atoms with van der Waals surface area (Å²) in [6.07, 6.45) is 0. The van der Waals surface area contributed by atoms with Gasteiger partial charge in [0.2, 0.25) is 0 Å². The number of nitrogens with one attached hydrogen (secondary N) is 1. The summed E-state index contributed by atoms with van der Waals surface area (Å²) in [5.74, 6) is 0.0383. The Balaban J connectivity index is 1.63. The maximum absolute atomic E-state index is 13.3. The number of amides is 3. The van der Waals surface area contributed by atoms with Crippen molar-refractivity contribution < 1.29 is 19.1 Å². The van der Waals surface area contributed by atoms with Crippen molar-refractivity contribution in [2.45, 2.75) is 26.3 Å². The number of urea groups is 1. The van der Waals surface area contributed by atoms with E-state index in [1.807, 2.05) is 61.9 Å². The van der Waals surface area contributed by atoms with Crippen LogP contribution in [-0.2, 0) is 17.4 Å². The summed E-state index contributed by atoms with van der Waals surface area (Å²) in [5, 5.41) is 4.66. The van der Waals surface area contributed by atoms with Gasteiger partial charge in [-0.25, -0.2) is 4.79 Å². The van der Waals surface area contributed by atoms with Gasteiger partial charge in [0.05, 0.1) is 13.7 Å². The third-order valence-electron chi connectivity index (χ3n) is 6.28. The second-order valence-corrected chi connectivity index (χ2v) is 8.14. The van der Waals surface area contributed by atoms with Gasteiger partial charge >= 0.3 is 6.03 Å². The normalized spacial score (nSPS) is 18.5. The van der Waals surface area contributed by atoms with Gasteiger partial charge in [0.25, 0.3) is 5.91 Å². The predicted molar refractivity (Wildman–Crippen MR) is 117 cm³/mol. The molecule has 160 valence electrons. The molecule has 3 amide bonds. The molecule has 0 radical (unpaired) electrons.